The molecule has 4 heterocycles. The third-order valence-electron chi connectivity index (χ3n) is 4.59. The first-order valence-corrected chi connectivity index (χ1v) is 7.81. The van der Waals surface area contributed by atoms with E-state index in [-0.39, 0.29) is 19.7 Å². The van der Waals surface area contributed by atoms with Gasteiger partial charge < -0.3 is 30.1 Å². The Hall–Kier alpha value is -1.85. The van der Waals surface area contributed by atoms with E-state index >= 15 is 0 Å². The molecular formula is C14H19N5O5. The lowest BCUT2D eigenvalue weighted by molar-refractivity contribution is -0.0432. The third kappa shape index (κ3) is 2.43. The summed E-state index contributed by atoms with van der Waals surface area (Å²) < 4.78 is 7.34. The SMILES string of the molecule is OC[C@H]1O[C@@H](n2cnc3c(N4C[C@H](O)[C@@H](O)C4)ncnc32)C[C@H]1O. The molecule has 0 aromatic carbocycles. The molecule has 0 amide bonds. The number of imidazole rings is 1. The summed E-state index contributed by atoms with van der Waals surface area (Å²) in [5.41, 5.74) is 1.07. The largest absolute Gasteiger partial charge is 0.394 e. The number of β-amino-alcohol motifs (C(OH)–C–C–N with tert-alkyl or cyclic N) is 2. The van der Waals surface area contributed by atoms with E-state index in [2.05, 4.69) is 15.0 Å². The minimum atomic E-state index is -0.823. The number of aliphatic hydroxyl groups excluding tert-OH is 4. The molecule has 0 bridgehead atoms. The summed E-state index contributed by atoms with van der Waals surface area (Å²) in [5.74, 6) is 0.534. The molecule has 5 atom stereocenters. The average molecular weight is 337 g/mol. The van der Waals surface area contributed by atoms with Crippen LogP contribution in [0.5, 0.6) is 0 Å². The molecule has 24 heavy (non-hydrogen) atoms. The zero-order valence-corrected chi connectivity index (χ0v) is 12.8. The summed E-state index contributed by atoms with van der Waals surface area (Å²) in [6, 6.07) is 0. The number of nitrogens with zero attached hydrogens (tertiary/aromatic N) is 5. The van der Waals surface area contributed by atoms with Crippen LogP contribution in [0.15, 0.2) is 12.7 Å². The number of aliphatic hydroxyl groups is 4. The lowest BCUT2D eigenvalue weighted by atomic mass is 10.2. The monoisotopic (exact) mass is 337 g/mol. The van der Waals surface area contributed by atoms with Gasteiger partial charge in [0.15, 0.2) is 17.0 Å². The van der Waals surface area contributed by atoms with Crippen molar-refractivity contribution in [3.8, 4) is 0 Å². The Morgan fingerprint density at radius 2 is 1.83 bits per heavy atom. The van der Waals surface area contributed by atoms with E-state index in [9.17, 15) is 20.4 Å². The Morgan fingerprint density at radius 3 is 2.50 bits per heavy atom. The molecule has 4 rings (SSSR count). The van der Waals surface area contributed by atoms with E-state index < -0.39 is 30.6 Å². The highest BCUT2D eigenvalue weighted by molar-refractivity contribution is 5.83. The summed E-state index contributed by atoms with van der Waals surface area (Å²) in [5, 5.41) is 38.6. The van der Waals surface area contributed by atoms with Crippen LogP contribution >= 0.6 is 0 Å². The first-order valence-electron chi connectivity index (χ1n) is 7.81. The normalized spacial score (nSPS) is 33.7. The van der Waals surface area contributed by atoms with Crippen LogP contribution in [0.4, 0.5) is 5.82 Å². The van der Waals surface area contributed by atoms with Crippen LogP contribution in [-0.2, 0) is 4.74 Å². The second-order valence-corrected chi connectivity index (χ2v) is 6.18. The standard InChI is InChI=1S/C14H19N5O5/c20-4-10-7(21)1-11(24-10)19-6-17-12-13(15-5-16-14(12)19)18-2-8(22)9(23)3-18/h5-11,20-23H,1-4H2/t7-,8+,9+,10-,11-/m1/s1. The molecule has 2 saturated heterocycles. The number of rotatable bonds is 3. The summed E-state index contributed by atoms with van der Waals surface area (Å²) in [6.07, 6.45) is -0.214. The molecule has 2 aromatic rings. The maximum Gasteiger partial charge on any atom is 0.167 e. The van der Waals surface area contributed by atoms with E-state index in [0.717, 1.165) is 0 Å². The maximum atomic E-state index is 9.90. The van der Waals surface area contributed by atoms with E-state index in [1.54, 1.807) is 15.8 Å². The quantitative estimate of drug-likeness (QED) is 0.501. The van der Waals surface area contributed by atoms with Gasteiger partial charge in [0.05, 0.1) is 31.2 Å². The zero-order valence-electron chi connectivity index (χ0n) is 12.8. The van der Waals surface area contributed by atoms with Crippen molar-refractivity contribution in [2.24, 2.45) is 0 Å². The molecule has 2 aromatic heterocycles. The van der Waals surface area contributed by atoms with Gasteiger partial charge in [-0.25, -0.2) is 15.0 Å². The van der Waals surface area contributed by atoms with Crippen LogP contribution in [0.1, 0.15) is 12.6 Å². The van der Waals surface area contributed by atoms with Crippen molar-refractivity contribution in [2.75, 3.05) is 24.6 Å². The fraction of sp³-hybridized carbons (Fsp3) is 0.643. The summed E-state index contributed by atoms with van der Waals surface area (Å²) >= 11 is 0. The van der Waals surface area contributed by atoms with E-state index in [4.69, 9.17) is 4.74 Å². The Morgan fingerprint density at radius 1 is 1.08 bits per heavy atom. The van der Waals surface area contributed by atoms with Crippen molar-refractivity contribution in [2.45, 2.75) is 37.1 Å². The Balaban J connectivity index is 1.67. The van der Waals surface area contributed by atoms with Crippen LogP contribution in [0, 0.1) is 0 Å². The van der Waals surface area contributed by atoms with Crippen molar-refractivity contribution in [1.29, 1.82) is 0 Å². The molecule has 2 aliphatic heterocycles. The van der Waals surface area contributed by atoms with Crippen LogP contribution in [0.25, 0.3) is 11.2 Å². The van der Waals surface area contributed by atoms with Gasteiger partial charge in [0.1, 0.15) is 18.7 Å². The van der Waals surface area contributed by atoms with Crippen molar-refractivity contribution in [3.05, 3.63) is 12.7 Å². The molecule has 2 aliphatic rings. The Kier molecular flexibility index (Phi) is 3.85. The van der Waals surface area contributed by atoms with Gasteiger partial charge in [0.25, 0.3) is 0 Å². The maximum absolute atomic E-state index is 9.90. The third-order valence-corrected chi connectivity index (χ3v) is 4.59. The zero-order chi connectivity index (χ0) is 16.8. The van der Waals surface area contributed by atoms with Gasteiger partial charge in [-0.1, -0.05) is 0 Å². The Labute approximate surface area is 137 Å². The number of ether oxygens (including phenoxy) is 1. The molecule has 0 aliphatic carbocycles. The molecule has 0 spiro atoms. The van der Waals surface area contributed by atoms with Gasteiger partial charge in [-0.05, 0) is 0 Å². The highest BCUT2D eigenvalue weighted by atomic mass is 16.5. The highest BCUT2D eigenvalue weighted by Gasteiger charge is 2.36. The number of hydrogen-bond acceptors (Lipinski definition) is 9. The van der Waals surface area contributed by atoms with E-state index in [0.29, 0.717) is 23.4 Å². The number of fused-ring (bicyclic) bond motifs is 1. The molecule has 0 unspecified atom stereocenters. The van der Waals surface area contributed by atoms with Crippen molar-refractivity contribution in [1.82, 2.24) is 19.5 Å². The molecule has 0 radical (unpaired) electrons. The minimum Gasteiger partial charge on any atom is -0.394 e. The van der Waals surface area contributed by atoms with Crippen molar-refractivity contribution in [3.63, 3.8) is 0 Å². The number of hydrogen-bond donors (Lipinski definition) is 4. The van der Waals surface area contributed by atoms with Crippen molar-refractivity contribution >= 4 is 17.0 Å². The molecule has 0 saturated carbocycles. The van der Waals surface area contributed by atoms with E-state index in [1.807, 2.05) is 0 Å². The lowest BCUT2D eigenvalue weighted by Gasteiger charge is -2.17. The first-order chi connectivity index (χ1) is 11.6. The number of aromatic nitrogens is 4. The smallest absolute Gasteiger partial charge is 0.167 e. The van der Waals surface area contributed by atoms with Gasteiger partial charge >= 0.3 is 0 Å². The predicted molar refractivity (Wildman–Crippen MR) is 81.2 cm³/mol. The average Bonchev–Trinajstić information content (AvgIpc) is 3.24. The topological polar surface area (TPSA) is 137 Å². The fourth-order valence-electron chi connectivity index (χ4n) is 3.27. The molecule has 10 nitrogen and oxygen atoms in total. The molecule has 130 valence electrons. The summed E-state index contributed by atoms with van der Waals surface area (Å²) in [6.45, 7) is 0.283. The predicted octanol–water partition coefficient (Wildman–Crippen LogP) is -1.99. The van der Waals surface area contributed by atoms with Crippen LogP contribution in [-0.4, -0.2) is 84.1 Å². The summed E-state index contributed by atoms with van der Waals surface area (Å²) in [4.78, 5) is 14.6. The molecule has 10 heteroatoms. The van der Waals surface area contributed by atoms with Gasteiger partial charge in [-0.2, -0.15) is 0 Å². The first kappa shape index (κ1) is 15.7. The highest BCUT2D eigenvalue weighted by Crippen LogP contribution is 2.32. The Bertz CT molecular complexity index is 729. The number of anilines is 1. The van der Waals surface area contributed by atoms with Gasteiger partial charge in [0.2, 0.25) is 0 Å². The van der Waals surface area contributed by atoms with E-state index in [1.165, 1.54) is 6.33 Å². The van der Waals surface area contributed by atoms with Gasteiger partial charge in [-0.3, -0.25) is 4.57 Å². The second kappa shape index (κ2) is 5.90. The lowest BCUT2D eigenvalue weighted by Crippen LogP contribution is -2.24. The van der Waals surface area contributed by atoms with Gasteiger partial charge in [-0.15, -0.1) is 0 Å². The molecular weight excluding hydrogens is 318 g/mol. The van der Waals surface area contributed by atoms with Crippen LogP contribution in [0.2, 0.25) is 0 Å². The molecule has 4 N–H and O–H groups in total. The summed E-state index contributed by atoms with van der Waals surface area (Å²) in [7, 11) is 0. The fourth-order valence-corrected chi connectivity index (χ4v) is 3.27. The van der Waals surface area contributed by atoms with Crippen LogP contribution < -0.4 is 4.90 Å². The van der Waals surface area contributed by atoms with Gasteiger partial charge in [0, 0.05) is 19.5 Å². The van der Waals surface area contributed by atoms with Crippen LogP contribution in [0.3, 0.4) is 0 Å². The van der Waals surface area contributed by atoms with Crippen molar-refractivity contribution < 1.29 is 25.2 Å². The minimum absolute atomic E-state index is 0.256. The molecule has 2 fully saturated rings. The second-order valence-electron chi connectivity index (χ2n) is 6.18.